The van der Waals surface area contributed by atoms with E-state index in [9.17, 15) is 8.42 Å². The van der Waals surface area contributed by atoms with E-state index in [2.05, 4.69) is 21.7 Å². The zero-order chi connectivity index (χ0) is 19.7. The van der Waals surface area contributed by atoms with Crippen LogP contribution < -0.4 is 4.90 Å². The van der Waals surface area contributed by atoms with Crippen LogP contribution in [0, 0.1) is 0 Å². The van der Waals surface area contributed by atoms with E-state index in [1.165, 1.54) is 0 Å². The van der Waals surface area contributed by atoms with Crippen LogP contribution in [0.5, 0.6) is 0 Å². The van der Waals surface area contributed by atoms with Gasteiger partial charge in [0, 0.05) is 43.3 Å². The number of rotatable bonds is 4. The first-order chi connectivity index (χ1) is 13.5. The summed E-state index contributed by atoms with van der Waals surface area (Å²) in [4.78, 5) is 13.9. The molecule has 1 aromatic carbocycles. The molecule has 1 unspecified atom stereocenters. The summed E-state index contributed by atoms with van der Waals surface area (Å²) in [5, 5.41) is 0.510. The van der Waals surface area contributed by atoms with E-state index in [0.29, 0.717) is 22.5 Å². The van der Waals surface area contributed by atoms with Crippen molar-refractivity contribution in [2.75, 3.05) is 42.6 Å². The van der Waals surface area contributed by atoms with Crippen molar-refractivity contribution in [1.29, 1.82) is 0 Å². The summed E-state index contributed by atoms with van der Waals surface area (Å²) in [6.07, 6.45) is 1.52. The second kappa shape index (κ2) is 7.97. The van der Waals surface area contributed by atoms with Crippen molar-refractivity contribution in [3.63, 3.8) is 0 Å². The predicted molar refractivity (Wildman–Crippen MR) is 113 cm³/mol. The topological polar surface area (TPSA) is 66.4 Å². The van der Waals surface area contributed by atoms with E-state index in [-0.39, 0.29) is 6.04 Å². The summed E-state index contributed by atoms with van der Waals surface area (Å²) in [5.41, 5.74) is 1.92. The summed E-state index contributed by atoms with van der Waals surface area (Å²) in [6.45, 7) is 5.36. The smallest absolute Gasteiger partial charge is 0.163 e. The summed E-state index contributed by atoms with van der Waals surface area (Å²) < 4.78 is 23.6. The van der Waals surface area contributed by atoms with E-state index in [0.717, 1.165) is 56.0 Å². The first-order valence-corrected chi connectivity index (χ1v) is 12.0. The quantitative estimate of drug-likeness (QED) is 0.708. The third kappa shape index (κ3) is 4.02. The number of piperazine rings is 1. The van der Waals surface area contributed by atoms with Crippen LogP contribution in [0.15, 0.2) is 30.3 Å². The first kappa shape index (κ1) is 19.6. The molecule has 2 aliphatic heterocycles. The number of benzene rings is 1. The Bertz CT molecular complexity index is 944. The van der Waals surface area contributed by atoms with Crippen LogP contribution in [0.1, 0.15) is 18.9 Å². The summed E-state index contributed by atoms with van der Waals surface area (Å²) >= 11 is 6.51. The molecule has 0 amide bonds. The molecule has 3 heterocycles. The Morgan fingerprint density at radius 2 is 1.82 bits per heavy atom. The maximum Gasteiger partial charge on any atom is 0.163 e. The number of nitrogens with zero attached hydrogens (tertiary/aromatic N) is 4. The minimum absolute atomic E-state index is 0.159. The molecule has 2 aromatic rings. The lowest BCUT2D eigenvalue weighted by Gasteiger charge is -2.38. The van der Waals surface area contributed by atoms with Crippen molar-refractivity contribution in [2.45, 2.75) is 25.8 Å². The van der Waals surface area contributed by atoms with Crippen LogP contribution in [-0.4, -0.2) is 67.0 Å². The summed E-state index contributed by atoms with van der Waals surface area (Å²) in [5.74, 6) is 2.16. The van der Waals surface area contributed by atoms with Crippen LogP contribution in [0.2, 0.25) is 5.15 Å². The maximum absolute atomic E-state index is 11.8. The number of hydrogen-bond acceptors (Lipinski definition) is 6. The van der Waals surface area contributed by atoms with Crippen molar-refractivity contribution < 1.29 is 8.42 Å². The lowest BCUT2D eigenvalue weighted by atomic mass is 10.1. The molecule has 1 atom stereocenters. The number of halogens is 1. The minimum atomic E-state index is -2.86. The van der Waals surface area contributed by atoms with Crippen LogP contribution in [0.25, 0.3) is 11.4 Å². The SMILES string of the molecule is CCc1c(Cl)nc(-c2ccccc2)nc1N1CCN(C2CCS(=O)(=O)C2)CC1. The number of aromatic nitrogens is 2. The standard InChI is InChI=1S/C20H25ClN4O2S/c1-2-17-18(21)22-19(15-6-4-3-5-7-15)23-20(17)25-11-9-24(10-12-25)16-8-13-28(26,27)14-16/h3-7,16H,2,8-14H2,1H3. The molecule has 0 spiro atoms. The fraction of sp³-hybridized carbons (Fsp3) is 0.500. The molecule has 4 rings (SSSR count). The molecule has 0 aliphatic carbocycles. The van der Waals surface area contributed by atoms with E-state index in [1.807, 2.05) is 30.3 Å². The fourth-order valence-corrected chi connectivity index (χ4v) is 6.15. The van der Waals surface area contributed by atoms with Crippen LogP contribution in [0.4, 0.5) is 5.82 Å². The van der Waals surface area contributed by atoms with E-state index in [4.69, 9.17) is 16.6 Å². The van der Waals surface area contributed by atoms with Gasteiger partial charge in [0.05, 0.1) is 11.5 Å². The van der Waals surface area contributed by atoms with E-state index in [1.54, 1.807) is 0 Å². The third-order valence-corrected chi connectivity index (χ3v) is 7.72. The van der Waals surface area contributed by atoms with E-state index >= 15 is 0 Å². The molecule has 0 N–H and O–H groups in total. The zero-order valence-corrected chi connectivity index (χ0v) is 17.6. The second-order valence-corrected chi connectivity index (χ2v) is 10.0. The lowest BCUT2D eigenvalue weighted by molar-refractivity contribution is 0.200. The van der Waals surface area contributed by atoms with Gasteiger partial charge in [-0.2, -0.15) is 0 Å². The third-order valence-electron chi connectivity index (χ3n) is 5.66. The second-order valence-electron chi connectivity index (χ2n) is 7.44. The highest BCUT2D eigenvalue weighted by atomic mass is 35.5. The van der Waals surface area contributed by atoms with Gasteiger partial charge in [-0.05, 0) is 12.8 Å². The van der Waals surface area contributed by atoms with Gasteiger partial charge in [-0.25, -0.2) is 18.4 Å². The zero-order valence-electron chi connectivity index (χ0n) is 16.0. The van der Waals surface area contributed by atoms with Gasteiger partial charge in [0.1, 0.15) is 11.0 Å². The highest BCUT2D eigenvalue weighted by molar-refractivity contribution is 7.91. The summed E-state index contributed by atoms with van der Waals surface area (Å²) in [6, 6.07) is 10.0. The molecule has 2 saturated heterocycles. The van der Waals surface area contributed by atoms with Gasteiger partial charge in [-0.3, -0.25) is 4.90 Å². The molecule has 6 nitrogen and oxygen atoms in total. The average molecular weight is 421 g/mol. The van der Waals surface area contributed by atoms with Gasteiger partial charge in [-0.1, -0.05) is 48.9 Å². The van der Waals surface area contributed by atoms with Gasteiger partial charge in [0.25, 0.3) is 0 Å². The van der Waals surface area contributed by atoms with Gasteiger partial charge < -0.3 is 4.90 Å². The Morgan fingerprint density at radius 1 is 1.11 bits per heavy atom. The minimum Gasteiger partial charge on any atom is -0.354 e. The Balaban J connectivity index is 1.55. The summed E-state index contributed by atoms with van der Waals surface area (Å²) in [7, 11) is -2.86. The molecule has 1 aromatic heterocycles. The normalized spacial score (nSPS) is 22.5. The number of anilines is 1. The highest BCUT2D eigenvalue weighted by Gasteiger charge is 2.34. The molecule has 0 bridgehead atoms. The van der Waals surface area contributed by atoms with Gasteiger partial charge in [-0.15, -0.1) is 0 Å². The van der Waals surface area contributed by atoms with Crippen LogP contribution in [-0.2, 0) is 16.3 Å². The van der Waals surface area contributed by atoms with Crippen molar-refractivity contribution in [3.8, 4) is 11.4 Å². The Labute approximate surface area is 171 Å². The maximum atomic E-state index is 11.8. The Hall–Kier alpha value is -1.70. The molecule has 2 aliphatic rings. The van der Waals surface area contributed by atoms with Crippen molar-refractivity contribution >= 4 is 27.3 Å². The lowest BCUT2D eigenvalue weighted by Crippen LogP contribution is -2.51. The van der Waals surface area contributed by atoms with Crippen LogP contribution >= 0.6 is 11.6 Å². The van der Waals surface area contributed by atoms with Gasteiger partial charge in [0.2, 0.25) is 0 Å². The molecule has 2 fully saturated rings. The van der Waals surface area contributed by atoms with Crippen LogP contribution in [0.3, 0.4) is 0 Å². The molecular weight excluding hydrogens is 396 g/mol. The Morgan fingerprint density at radius 3 is 2.43 bits per heavy atom. The molecule has 150 valence electrons. The average Bonchev–Trinajstić information content (AvgIpc) is 3.08. The fourth-order valence-electron chi connectivity index (χ4n) is 4.09. The first-order valence-electron chi connectivity index (χ1n) is 9.78. The van der Waals surface area contributed by atoms with Crippen molar-refractivity contribution in [3.05, 3.63) is 41.0 Å². The monoisotopic (exact) mass is 420 g/mol. The predicted octanol–water partition coefficient (Wildman–Crippen LogP) is 2.67. The van der Waals surface area contributed by atoms with E-state index < -0.39 is 9.84 Å². The highest BCUT2D eigenvalue weighted by Crippen LogP contribution is 2.30. The largest absolute Gasteiger partial charge is 0.354 e. The molecule has 8 heteroatoms. The number of hydrogen-bond donors (Lipinski definition) is 0. The number of sulfone groups is 1. The molecule has 0 saturated carbocycles. The molecule has 0 radical (unpaired) electrons. The van der Waals surface area contributed by atoms with Crippen molar-refractivity contribution in [1.82, 2.24) is 14.9 Å². The molecular formula is C20H25ClN4O2S. The van der Waals surface area contributed by atoms with Gasteiger partial charge in [0.15, 0.2) is 15.7 Å². The Kier molecular flexibility index (Phi) is 5.58. The molecule has 28 heavy (non-hydrogen) atoms. The van der Waals surface area contributed by atoms with Gasteiger partial charge >= 0.3 is 0 Å². The van der Waals surface area contributed by atoms with Crippen molar-refractivity contribution in [2.24, 2.45) is 0 Å².